The minimum absolute atomic E-state index is 0.250. The molecule has 0 radical (unpaired) electrons. The molecule has 0 heterocycles. The second-order valence-electron chi connectivity index (χ2n) is 1.77. The molecule has 1 nitrogen and oxygen atoms in total. The highest BCUT2D eigenvalue weighted by Gasteiger charge is 1.77. The van der Waals surface area contributed by atoms with Gasteiger partial charge in [0, 0.05) is 13.2 Å². The Bertz CT molecular complexity index is 51.2. The van der Waals surface area contributed by atoms with E-state index in [2.05, 4.69) is 20.4 Å². The summed E-state index contributed by atoms with van der Waals surface area (Å²) in [7, 11) is 0. The fourth-order valence-corrected chi connectivity index (χ4v) is 0.391. The number of halogens is 1. The van der Waals surface area contributed by atoms with Gasteiger partial charge < -0.3 is 4.74 Å². The van der Waals surface area contributed by atoms with Crippen LogP contribution >= 0.6 is 0 Å². The Morgan fingerprint density at radius 3 is 1.80 bits per heavy atom. The second-order valence-corrected chi connectivity index (χ2v) is 1.77. The summed E-state index contributed by atoms with van der Waals surface area (Å²) in [6, 6.07) is 0. The van der Waals surface area contributed by atoms with Crippen LogP contribution in [0.15, 0.2) is 12.9 Å². The summed E-state index contributed by atoms with van der Waals surface area (Å²) in [6.07, 6.45) is 2.53. The van der Waals surface area contributed by atoms with Crippen LogP contribution in [0.1, 0.15) is 26.7 Å². The van der Waals surface area contributed by atoms with Gasteiger partial charge in [0.1, 0.15) is 0 Å². The highest BCUT2D eigenvalue weighted by atomic mass is 19.1. The van der Waals surface area contributed by atoms with E-state index >= 15 is 0 Å². The third-order valence-electron chi connectivity index (χ3n) is 0.697. The first-order chi connectivity index (χ1) is 4.83. The van der Waals surface area contributed by atoms with E-state index < -0.39 is 0 Å². The smallest absolute Gasteiger partial charge is 0.0795 e. The van der Waals surface area contributed by atoms with Crippen LogP contribution < -0.4 is 0 Å². The van der Waals surface area contributed by atoms with Crippen LogP contribution in [0, 0.1) is 0 Å². The Balaban J connectivity index is 0. The first kappa shape index (κ1) is 12.3. The molecule has 0 rings (SSSR count). The van der Waals surface area contributed by atoms with E-state index in [-0.39, 0.29) is 6.33 Å². The molecule has 2 heteroatoms. The highest BCUT2D eigenvalue weighted by molar-refractivity contribution is 4.39. The molecule has 62 valence electrons. The molecule has 0 N–H and O–H groups in total. The van der Waals surface area contributed by atoms with Crippen molar-refractivity contribution < 1.29 is 9.13 Å². The van der Waals surface area contributed by atoms with Crippen LogP contribution in [0.3, 0.4) is 0 Å². The lowest BCUT2D eigenvalue weighted by molar-refractivity contribution is 0.135. The SMILES string of the molecule is C=CF.CCCOCCC. The number of hydrogen-bond donors (Lipinski definition) is 0. The van der Waals surface area contributed by atoms with E-state index in [0.29, 0.717) is 0 Å². The zero-order valence-corrected chi connectivity index (χ0v) is 6.90. The van der Waals surface area contributed by atoms with Gasteiger partial charge in [-0.05, 0) is 12.8 Å². The second kappa shape index (κ2) is 15.9. The van der Waals surface area contributed by atoms with E-state index in [0.717, 1.165) is 26.1 Å². The Morgan fingerprint density at radius 1 is 1.30 bits per heavy atom. The summed E-state index contributed by atoms with van der Waals surface area (Å²) in [6.45, 7) is 8.78. The lowest BCUT2D eigenvalue weighted by Gasteiger charge is -1.95. The third-order valence-corrected chi connectivity index (χ3v) is 0.697. The lowest BCUT2D eigenvalue weighted by atomic mass is 10.5. The summed E-state index contributed by atoms with van der Waals surface area (Å²) in [5, 5.41) is 0. The first-order valence-corrected chi connectivity index (χ1v) is 3.62. The lowest BCUT2D eigenvalue weighted by Crippen LogP contribution is -1.92. The third kappa shape index (κ3) is 25.5. The van der Waals surface area contributed by atoms with Gasteiger partial charge >= 0.3 is 0 Å². The van der Waals surface area contributed by atoms with Crippen molar-refractivity contribution in [1.29, 1.82) is 0 Å². The molecule has 0 saturated carbocycles. The maximum Gasteiger partial charge on any atom is 0.0795 e. The van der Waals surface area contributed by atoms with Crippen molar-refractivity contribution in [2.45, 2.75) is 26.7 Å². The van der Waals surface area contributed by atoms with Gasteiger partial charge in [0.2, 0.25) is 0 Å². The Kier molecular flexibility index (Phi) is 19.5. The van der Waals surface area contributed by atoms with E-state index in [9.17, 15) is 4.39 Å². The standard InChI is InChI=1S/C6H14O.C2H3F/c1-3-5-7-6-4-2;1-2-3/h3-6H2,1-2H3;2H,1H2. The van der Waals surface area contributed by atoms with Crippen LogP contribution in [0.4, 0.5) is 4.39 Å². The van der Waals surface area contributed by atoms with Gasteiger partial charge in [-0.1, -0.05) is 20.4 Å². The van der Waals surface area contributed by atoms with Crippen LogP contribution in [-0.4, -0.2) is 13.2 Å². The molecule has 0 aromatic heterocycles. The molecule has 10 heavy (non-hydrogen) atoms. The van der Waals surface area contributed by atoms with E-state index in [1.807, 2.05) is 0 Å². The Hall–Kier alpha value is -0.370. The molecule has 0 saturated heterocycles. The van der Waals surface area contributed by atoms with Crippen molar-refractivity contribution in [3.05, 3.63) is 12.9 Å². The average molecular weight is 148 g/mol. The van der Waals surface area contributed by atoms with Gasteiger partial charge in [0.25, 0.3) is 0 Å². The Morgan fingerprint density at radius 2 is 1.60 bits per heavy atom. The molecule has 0 atom stereocenters. The predicted octanol–water partition coefficient (Wildman–Crippen LogP) is 2.92. The van der Waals surface area contributed by atoms with Crippen LogP contribution in [0.25, 0.3) is 0 Å². The van der Waals surface area contributed by atoms with Crippen molar-refractivity contribution in [2.75, 3.05) is 13.2 Å². The monoisotopic (exact) mass is 148 g/mol. The number of rotatable bonds is 4. The summed E-state index contributed by atoms with van der Waals surface area (Å²) in [5.74, 6) is 0. The largest absolute Gasteiger partial charge is 0.381 e. The normalized spacial score (nSPS) is 7.90. The zero-order chi connectivity index (χ0) is 8.24. The van der Waals surface area contributed by atoms with Crippen molar-refractivity contribution in [3.8, 4) is 0 Å². The minimum Gasteiger partial charge on any atom is -0.381 e. The van der Waals surface area contributed by atoms with E-state index in [4.69, 9.17) is 4.74 Å². The fourth-order valence-electron chi connectivity index (χ4n) is 0.391. The van der Waals surface area contributed by atoms with Crippen molar-refractivity contribution in [3.63, 3.8) is 0 Å². The number of hydrogen-bond acceptors (Lipinski definition) is 1. The molecule has 0 bridgehead atoms. The topological polar surface area (TPSA) is 9.23 Å². The molecule has 0 aliphatic carbocycles. The molecule has 0 fully saturated rings. The summed E-state index contributed by atoms with van der Waals surface area (Å²) >= 11 is 0. The van der Waals surface area contributed by atoms with Crippen LogP contribution in [0.2, 0.25) is 0 Å². The van der Waals surface area contributed by atoms with Crippen LogP contribution in [0.5, 0.6) is 0 Å². The fraction of sp³-hybridized carbons (Fsp3) is 0.750. The maximum absolute atomic E-state index is 10.1. The average Bonchev–Trinajstić information content (AvgIpc) is 1.91. The predicted molar refractivity (Wildman–Crippen MR) is 42.7 cm³/mol. The zero-order valence-electron chi connectivity index (χ0n) is 6.90. The molecule has 0 aliphatic rings. The van der Waals surface area contributed by atoms with E-state index in [1.165, 1.54) is 0 Å². The summed E-state index contributed by atoms with van der Waals surface area (Å²) in [4.78, 5) is 0. The molecule has 0 unspecified atom stereocenters. The maximum atomic E-state index is 10.1. The van der Waals surface area contributed by atoms with Crippen molar-refractivity contribution in [1.82, 2.24) is 0 Å². The van der Waals surface area contributed by atoms with Gasteiger partial charge in [-0.2, -0.15) is 0 Å². The highest BCUT2D eigenvalue weighted by Crippen LogP contribution is 1.81. The van der Waals surface area contributed by atoms with Crippen LogP contribution in [-0.2, 0) is 4.74 Å². The number of ether oxygens (including phenoxy) is 1. The molecular formula is C8H17FO. The molecule has 0 aromatic carbocycles. The van der Waals surface area contributed by atoms with E-state index in [1.54, 1.807) is 0 Å². The Labute approximate surface area is 62.9 Å². The molecular weight excluding hydrogens is 131 g/mol. The van der Waals surface area contributed by atoms with Gasteiger partial charge in [-0.25, -0.2) is 4.39 Å². The van der Waals surface area contributed by atoms with Gasteiger partial charge in [-0.15, -0.1) is 0 Å². The first-order valence-electron chi connectivity index (χ1n) is 3.62. The van der Waals surface area contributed by atoms with Crippen molar-refractivity contribution >= 4 is 0 Å². The summed E-state index contributed by atoms with van der Waals surface area (Å²) in [5.41, 5.74) is 0. The van der Waals surface area contributed by atoms with Crippen molar-refractivity contribution in [2.24, 2.45) is 0 Å². The van der Waals surface area contributed by atoms with Gasteiger partial charge in [0.15, 0.2) is 0 Å². The molecule has 0 aliphatic heterocycles. The molecule has 0 spiro atoms. The van der Waals surface area contributed by atoms with Gasteiger partial charge in [0.05, 0.1) is 6.33 Å². The quantitative estimate of drug-likeness (QED) is 0.557. The minimum atomic E-state index is 0.250. The summed E-state index contributed by atoms with van der Waals surface area (Å²) < 4.78 is 15.2. The molecule has 0 amide bonds. The molecule has 0 aromatic rings. The van der Waals surface area contributed by atoms with Gasteiger partial charge in [-0.3, -0.25) is 0 Å².